The smallest absolute Gasteiger partial charge is 0.243 e. The summed E-state index contributed by atoms with van der Waals surface area (Å²) >= 11 is 8.85. The fourth-order valence-corrected chi connectivity index (χ4v) is 4.84. The van der Waals surface area contributed by atoms with Crippen molar-refractivity contribution in [2.75, 3.05) is 6.54 Å². The van der Waals surface area contributed by atoms with Crippen molar-refractivity contribution < 1.29 is 12.8 Å². The third-order valence-electron chi connectivity index (χ3n) is 2.74. The van der Waals surface area contributed by atoms with E-state index in [2.05, 4.69) is 20.7 Å². The second kappa shape index (κ2) is 9.27. The first-order valence-electron chi connectivity index (χ1n) is 6.18. The molecule has 9 heteroatoms. The Morgan fingerprint density at radius 1 is 1.48 bits per heavy atom. The van der Waals surface area contributed by atoms with Crippen LogP contribution in [0.4, 0.5) is 4.39 Å². The summed E-state index contributed by atoms with van der Waals surface area (Å²) in [4.78, 5) is -0.171. The van der Waals surface area contributed by atoms with Crippen LogP contribution in [0.25, 0.3) is 0 Å². The zero-order chi connectivity index (χ0) is 15.3. The highest BCUT2D eigenvalue weighted by Gasteiger charge is 2.25. The molecule has 1 aromatic carbocycles. The topological polar surface area (TPSA) is 72.2 Å². The zero-order valence-corrected chi connectivity index (χ0v) is 15.4. The van der Waals surface area contributed by atoms with E-state index in [1.54, 1.807) is 0 Å². The van der Waals surface area contributed by atoms with Crippen molar-refractivity contribution in [3.05, 3.63) is 27.4 Å². The van der Waals surface area contributed by atoms with Gasteiger partial charge in [-0.2, -0.15) is 0 Å². The molecule has 0 saturated heterocycles. The summed E-state index contributed by atoms with van der Waals surface area (Å²) < 4.78 is 40.4. The molecular weight excluding hydrogens is 406 g/mol. The molecule has 1 aromatic rings. The molecule has 0 spiro atoms. The molecule has 3 N–H and O–H groups in total. The van der Waals surface area contributed by atoms with Crippen molar-refractivity contribution in [3.8, 4) is 0 Å². The first-order chi connectivity index (χ1) is 9.31. The van der Waals surface area contributed by atoms with Crippen LogP contribution in [-0.4, -0.2) is 21.0 Å². The molecule has 0 aliphatic rings. The van der Waals surface area contributed by atoms with Crippen molar-refractivity contribution in [3.63, 3.8) is 0 Å². The van der Waals surface area contributed by atoms with Crippen LogP contribution in [-0.2, 0) is 10.0 Å². The SMILES string of the molecule is CCCCC(CN)NS(=O)(=O)c1c(Cl)cc(F)cc1Br.Cl. The summed E-state index contributed by atoms with van der Waals surface area (Å²) in [6.07, 6.45) is 2.45. The van der Waals surface area contributed by atoms with Crippen molar-refractivity contribution in [2.24, 2.45) is 5.73 Å². The molecule has 0 radical (unpaired) electrons. The molecule has 0 aliphatic heterocycles. The molecule has 1 rings (SSSR count). The highest BCUT2D eigenvalue weighted by Crippen LogP contribution is 2.30. The van der Waals surface area contributed by atoms with E-state index in [9.17, 15) is 12.8 Å². The summed E-state index contributed by atoms with van der Waals surface area (Å²) in [7, 11) is -3.86. The summed E-state index contributed by atoms with van der Waals surface area (Å²) in [6.45, 7) is 2.20. The molecule has 0 saturated carbocycles. The molecule has 4 nitrogen and oxygen atoms in total. The van der Waals surface area contributed by atoms with Gasteiger partial charge in [-0.25, -0.2) is 17.5 Å². The third kappa shape index (κ3) is 6.00. The Morgan fingerprint density at radius 2 is 2.10 bits per heavy atom. The van der Waals surface area contributed by atoms with E-state index >= 15 is 0 Å². The molecular formula is C12H18BrCl2FN2O2S. The van der Waals surface area contributed by atoms with Gasteiger partial charge in [-0.15, -0.1) is 12.4 Å². The molecule has 0 heterocycles. The quantitative estimate of drug-likeness (QED) is 0.705. The summed E-state index contributed by atoms with van der Waals surface area (Å²) in [6, 6.07) is 1.65. The van der Waals surface area contributed by atoms with Gasteiger partial charge in [0.05, 0.1) is 5.02 Å². The van der Waals surface area contributed by atoms with Crippen LogP contribution >= 0.6 is 39.9 Å². The fraction of sp³-hybridized carbons (Fsp3) is 0.500. The molecule has 1 unspecified atom stereocenters. The van der Waals surface area contributed by atoms with Gasteiger partial charge >= 0.3 is 0 Å². The van der Waals surface area contributed by atoms with Gasteiger partial charge in [0.1, 0.15) is 10.7 Å². The van der Waals surface area contributed by atoms with Crippen molar-refractivity contribution in [1.82, 2.24) is 4.72 Å². The van der Waals surface area contributed by atoms with Gasteiger partial charge in [-0.3, -0.25) is 0 Å². The Labute approximate surface area is 144 Å². The van der Waals surface area contributed by atoms with E-state index in [0.29, 0.717) is 6.42 Å². The molecule has 0 amide bonds. The van der Waals surface area contributed by atoms with Crippen LogP contribution in [0.2, 0.25) is 5.02 Å². The van der Waals surface area contributed by atoms with E-state index in [4.69, 9.17) is 17.3 Å². The maximum Gasteiger partial charge on any atom is 0.243 e. The maximum atomic E-state index is 13.1. The fourth-order valence-electron chi connectivity index (χ4n) is 1.74. The van der Waals surface area contributed by atoms with Gasteiger partial charge in [-0.1, -0.05) is 31.4 Å². The number of unbranched alkanes of at least 4 members (excludes halogenated alkanes) is 1. The number of nitrogens with one attached hydrogen (secondary N) is 1. The minimum absolute atomic E-state index is 0. The standard InChI is InChI=1S/C12H17BrClFN2O2S.ClH/c1-2-3-4-9(7-16)17-20(18,19)12-10(13)5-8(15)6-11(12)14;/h5-6,9,17H,2-4,7,16H2,1H3;1H. The van der Waals surface area contributed by atoms with Gasteiger partial charge in [0.25, 0.3) is 0 Å². The molecule has 1 atom stereocenters. The van der Waals surface area contributed by atoms with Gasteiger partial charge < -0.3 is 5.73 Å². The minimum Gasteiger partial charge on any atom is -0.329 e. The van der Waals surface area contributed by atoms with Crippen LogP contribution in [0.1, 0.15) is 26.2 Å². The lowest BCUT2D eigenvalue weighted by Crippen LogP contribution is -2.40. The van der Waals surface area contributed by atoms with E-state index in [1.807, 2.05) is 6.92 Å². The van der Waals surface area contributed by atoms with Crippen LogP contribution in [0.3, 0.4) is 0 Å². The predicted octanol–water partition coefficient (Wildman–Crippen LogP) is 3.46. The summed E-state index contributed by atoms with van der Waals surface area (Å²) in [5, 5.41) is -0.171. The van der Waals surface area contributed by atoms with Crippen LogP contribution in [0.5, 0.6) is 0 Å². The van der Waals surface area contributed by atoms with E-state index in [0.717, 1.165) is 25.0 Å². The van der Waals surface area contributed by atoms with Crippen molar-refractivity contribution in [1.29, 1.82) is 0 Å². The lowest BCUT2D eigenvalue weighted by atomic mass is 10.1. The van der Waals surface area contributed by atoms with E-state index < -0.39 is 15.8 Å². The number of halogens is 4. The lowest BCUT2D eigenvalue weighted by Gasteiger charge is -2.18. The predicted molar refractivity (Wildman–Crippen MR) is 89.0 cm³/mol. The second-order valence-electron chi connectivity index (χ2n) is 4.39. The third-order valence-corrected chi connectivity index (χ3v) is 5.66. The largest absolute Gasteiger partial charge is 0.329 e. The average Bonchev–Trinajstić information content (AvgIpc) is 2.32. The summed E-state index contributed by atoms with van der Waals surface area (Å²) in [5.74, 6) is -0.609. The Bertz CT molecular complexity index is 549. The number of benzene rings is 1. The van der Waals surface area contributed by atoms with Crippen LogP contribution in [0, 0.1) is 5.82 Å². The van der Waals surface area contributed by atoms with E-state index in [1.165, 1.54) is 0 Å². The highest BCUT2D eigenvalue weighted by atomic mass is 79.9. The summed E-state index contributed by atoms with van der Waals surface area (Å²) in [5.41, 5.74) is 5.57. The monoisotopic (exact) mass is 422 g/mol. The normalized spacial score (nSPS) is 12.8. The highest BCUT2D eigenvalue weighted by molar-refractivity contribution is 9.10. The number of rotatable bonds is 7. The molecule has 0 bridgehead atoms. The Morgan fingerprint density at radius 3 is 2.57 bits per heavy atom. The molecule has 21 heavy (non-hydrogen) atoms. The number of hydrogen-bond acceptors (Lipinski definition) is 3. The van der Waals surface area contributed by atoms with Gasteiger partial charge in [-0.05, 0) is 34.5 Å². The number of nitrogens with two attached hydrogens (primary N) is 1. The van der Waals surface area contributed by atoms with Gasteiger partial charge in [0.15, 0.2) is 0 Å². The van der Waals surface area contributed by atoms with Gasteiger partial charge in [0, 0.05) is 17.1 Å². The average molecular weight is 424 g/mol. The second-order valence-corrected chi connectivity index (χ2v) is 7.31. The molecule has 0 aliphatic carbocycles. The molecule has 0 fully saturated rings. The Hall–Kier alpha value is 0.0800. The van der Waals surface area contributed by atoms with Crippen molar-refractivity contribution in [2.45, 2.75) is 37.1 Å². The number of sulfonamides is 1. The number of hydrogen-bond donors (Lipinski definition) is 2. The van der Waals surface area contributed by atoms with Gasteiger partial charge in [0.2, 0.25) is 10.0 Å². The van der Waals surface area contributed by atoms with E-state index in [-0.39, 0.29) is 39.4 Å². The Balaban J connectivity index is 0.00000400. The van der Waals surface area contributed by atoms with Crippen LogP contribution in [0.15, 0.2) is 21.5 Å². The van der Waals surface area contributed by atoms with Crippen molar-refractivity contribution >= 4 is 50.0 Å². The molecule has 0 aromatic heterocycles. The lowest BCUT2D eigenvalue weighted by molar-refractivity contribution is 0.516. The first-order valence-corrected chi connectivity index (χ1v) is 8.84. The minimum atomic E-state index is -3.86. The Kier molecular flexibility index (Phi) is 9.31. The molecule has 122 valence electrons. The zero-order valence-electron chi connectivity index (χ0n) is 11.4. The van der Waals surface area contributed by atoms with Crippen LogP contribution < -0.4 is 10.5 Å². The first kappa shape index (κ1) is 21.1. The maximum absolute atomic E-state index is 13.1.